The van der Waals surface area contributed by atoms with Crippen LogP contribution in [0.5, 0.6) is 0 Å². The predicted molar refractivity (Wildman–Crippen MR) is 61.8 cm³/mol. The number of fused-ring (bicyclic) bond motifs is 1. The molecule has 0 radical (unpaired) electrons. The van der Waals surface area contributed by atoms with Gasteiger partial charge in [0, 0.05) is 24.3 Å². The van der Waals surface area contributed by atoms with Gasteiger partial charge in [-0.15, -0.1) is 0 Å². The minimum Gasteiger partial charge on any atom is -0.378 e. The molecule has 1 saturated heterocycles. The quantitative estimate of drug-likeness (QED) is 0.709. The number of aryl methyl sites for hydroxylation is 2. The Bertz CT molecular complexity index is 399. The maximum absolute atomic E-state index is 5.39. The summed E-state index contributed by atoms with van der Waals surface area (Å²) in [4.78, 5) is 11.5. The molecule has 0 bridgehead atoms. The molecular weight excluding hydrogens is 202 g/mol. The average molecular weight is 219 g/mol. The molecule has 0 amide bonds. The zero-order chi connectivity index (χ0) is 11.0. The van der Waals surface area contributed by atoms with Gasteiger partial charge in [-0.05, 0) is 26.2 Å². The van der Waals surface area contributed by atoms with Crippen LogP contribution in [0.1, 0.15) is 23.5 Å². The van der Waals surface area contributed by atoms with Gasteiger partial charge in [-0.3, -0.25) is 0 Å². The molecule has 16 heavy (non-hydrogen) atoms. The van der Waals surface area contributed by atoms with E-state index in [1.165, 1.54) is 23.5 Å². The van der Waals surface area contributed by atoms with Crippen LogP contribution in [0.15, 0.2) is 0 Å². The van der Waals surface area contributed by atoms with Gasteiger partial charge in [0.05, 0.1) is 13.2 Å². The highest BCUT2D eigenvalue weighted by Crippen LogP contribution is 2.29. The number of anilines is 1. The predicted octanol–water partition coefficient (Wildman–Crippen LogP) is 1.11. The van der Waals surface area contributed by atoms with Gasteiger partial charge in [-0.25, -0.2) is 9.97 Å². The number of ether oxygens (including phenoxy) is 1. The molecule has 4 nitrogen and oxygen atoms in total. The van der Waals surface area contributed by atoms with Crippen LogP contribution in [0, 0.1) is 6.92 Å². The number of rotatable bonds is 1. The summed E-state index contributed by atoms with van der Waals surface area (Å²) in [5.74, 6) is 2.07. The monoisotopic (exact) mass is 219 g/mol. The van der Waals surface area contributed by atoms with E-state index >= 15 is 0 Å². The van der Waals surface area contributed by atoms with E-state index in [2.05, 4.69) is 14.9 Å². The van der Waals surface area contributed by atoms with Gasteiger partial charge in [0.1, 0.15) is 11.6 Å². The largest absolute Gasteiger partial charge is 0.378 e. The summed E-state index contributed by atoms with van der Waals surface area (Å²) >= 11 is 0. The summed E-state index contributed by atoms with van der Waals surface area (Å²) in [6.45, 7) is 5.55. The molecule has 1 aromatic heterocycles. The van der Waals surface area contributed by atoms with Crippen LogP contribution in [0.4, 0.5) is 5.82 Å². The Kier molecular flexibility index (Phi) is 2.52. The standard InChI is InChI=1S/C12H17N3O/c1-9-13-11-4-2-3-10(11)12(14-9)15-5-7-16-8-6-15/h2-8H2,1H3. The van der Waals surface area contributed by atoms with E-state index in [9.17, 15) is 0 Å². The summed E-state index contributed by atoms with van der Waals surface area (Å²) in [6, 6.07) is 0. The molecule has 0 atom stereocenters. The summed E-state index contributed by atoms with van der Waals surface area (Å²) < 4.78 is 5.39. The first-order valence-electron chi connectivity index (χ1n) is 6.03. The van der Waals surface area contributed by atoms with Gasteiger partial charge in [0.25, 0.3) is 0 Å². The fourth-order valence-corrected chi connectivity index (χ4v) is 2.57. The van der Waals surface area contributed by atoms with E-state index in [-0.39, 0.29) is 0 Å². The highest BCUT2D eigenvalue weighted by Gasteiger charge is 2.23. The van der Waals surface area contributed by atoms with Crippen molar-refractivity contribution in [2.24, 2.45) is 0 Å². The van der Waals surface area contributed by atoms with Gasteiger partial charge >= 0.3 is 0 Å². The van der Waals surface area contributed by atoms with Gasteiger partial charge in [0.15, 0.2) is 0 Å². The van der Waals surface area contributed by atoms with E-state index < -0.39 is 0 Å². The number of hydrogen-bond acceptors (Lipinski definition) is 4. The molecule has 0 N–H and O–H groups in total. The van der Waals surface area contributed by atoms with Crippen molar-refractivity contribution in [1.29, 1.82) is 0 Å². The van der Waals surface area contributed by atoms with Gasteiger partial charge in [-0.2, -0.15) is 0 Å². The zero-order valence-electron chi connectivity index (χ0n) is 9.70. The molecule has 2 heterocycles. The Morgan fingerprint density at radius 1 is 1.12 bits per heavy atom. The van der Waals surface area contributed by atoms with E-state index in [0.717, 1.165) is 45.0 Å². The third-order valence-electron chi connectivity index (χ3n) is 3.33. The smallest absolute Gasteiger partial charge is 0.135 e. The number of nitrogens with zero attached hydrogens (tertiary/aromatic N) is 3. The lowest BCUT2D eigenvalue weighted by Crippen LogP contribution is -2.37. The fraction of sp³-hybridized carbons (Fsp3) is 0.667. The lowest BCUT2D eigenvalue weighted by atomic mass is 10.2. The van der Waals surface area contributed by atoms with Crippen LogP contribution < -0.4 is 4.90 Å². The Labute approximate surface area is 95.7 Å². The molecule has 0 aromatic carbocycles. The minimum atomic E-state index is 0.817. The molecule has 2 aliphatic rings. The van der Waals surface area contributed by atoms with Gasteiger partial charge < -0.3 is 9.64 Å². The maximum Gasteiger partial charge on any atom is 0.135 e. The Balaban J connectivity index is 1.99. The van der Waals surface area contributed by atoms with Crippen molar-refractivity contribution in [3.05, 3.63) is 17.1 Å². The molecule has 0 spiro atoms. The number of hydrogen-bond donors (Lipinski definition) is 0. The molecule has 3 rings (SSSR count). The van der Waals surface area contributed by atoms with Crippen molar-refractivity contribution in [3.63, 3.8) is 0 Å². The second-order valence-electron chi connectivity index (χ2n) is 4.47. The van der Waals surface area contributed by atoms with Crippen LogP contribution in [0.2, 0.25) is 0 Å². The van der Waals surface area contributed by atoms with Crippen LogP contribution in [-0.2, 0) is 17.6 Å². The van der Waals surface area contributed by atoms with Crippen molar-refractivity contribution >= 4 is 5.82 Å². The maximum atomic E-state index is 5.39. The van der Waals surface area contributed by atoms with Crippen molar-refractivity contribution in [2.45, 2.75) is 26.2 Å². The average Bonchev–Trinajstić information content (AvgIpc) is 2.77. The first kappa shape index (κ1) is 10.0. The topological polar surface area (TPSA) is 38.2 Å². The fourth-order valence-electron chi connectivity index (χ4n) is 2.57. The second-order valence-corrected chi connectivity index (χ2v) is 4.47. The van der Waals surface area contributed by atoms with Gasteiger partial charge in [-0.1, -0.05) is 0 Å². The summed E-state index contributed by atoms with van der Waals surface area (Å²) in [7, 11) is 0. The Morgan fingerprint density at radius 2 is 1.94 bits per heavy atom. The first-order chi connectivity index (χ1) is 7.84. The Morgan fingerprint density at radius 3 is 2.75 bits per heavy atom. The first-order valence-corrected chi connectivity index (χ1v) is 6.03. The molecule has 0 saturated carbocycles. The molecule has 1 aliphatic heterocycles. The molecule has 86 valence electrons. The molecule has 1 fully saturated rings. The highest BCUT2D eigenvalue weighted by atomic mass is 16.5. The van der Waals surface area contributed by atoms with Crippen LogP contribution in [0.3, 0.4) is 0 Å². The lowest BCUT2D eigenvalue weighted by molar-refractivity contribution is 0.122. The molecule has 0 unspecified atom stereocenters. The minimum absolute atomic E-state index is 0.817. The normalized spacial score (nSPS) is 19.9. The van der Waals surface area contributed by atoms with E-state index in [1.807, 2.05) is 6.92 Å². The van der Waals surface area contributed by atoms with E-state index in [0.29, 0.717) is 0 Å². The van der Waals surface area contributed by atoms with Crippen LogP contribution in [0.25, 0.3) is 0 Å². The molecular formula is C12H17N3O. The molecule has 1 aromatic rings. The van der Waals surface area contributed by atoms with Gasteiger partial charge in [0.2, 0.25) is 0 Å². The summed E-state index contributed by atoms with van der Waals surface area (Å²) in [5, 5.41) is 0. The molecule has 4 heteroatoms. The van der Waals surface area contributed by atoms with Crippen molar-refractivity contribution in [2.75, 3.05) is 31.2 Å². The van der Waals surface area contributed by atoms with Crippen molar-refractivity contribution in [1.82, 2.24) is 9.97 Å². The summed E-state index contributed by atoms with van der Waals surface area (Å²) in [6.07, 6.45) is 3.49. The second kappa shape index (κ2) is 4.01. The summed E-state index contributed by atoms with van der Waals surface area (Å²) in [5.41, 5.74) is 2.65. The number of aromatic nitrogens is 2. The third-order valence-corrected chi connectivity index (χ3v) is 3.33. The zero-order valence-corrected chi connectivity index (χ0v) is 9.70. The van der Waals surface area contributed by atoms with Crippen molar-refractivity contribution < 1.29 is 4.74 Å². The van der Waals surface area contributed by atoms with Crippen LogP contribution in [-0.4, -0.2) is 36.3 Å². The number of morpholine rings is 1. The highest BCUT2D eigenvalue weighted by molar-refractivity contribution is 5.51. The SMILES string of the molecule is Cc1nc2c(c(N3CCOCC3)n1)CCC2. The third kappa shape index (κ3) is 1.67. The van der Waals surface area contributed by atoms with Crippen LogP contribution >= 0.6 is 0 Å². The molecule has 1 aliphatic carbocycles. The van der Waals surface area contributed by atoms with E-state index in [4.69, 9.17) is 4.74 Å². The van der Waals surface area contributed by atoms with E-state index in [1.54, 1.807) is 0 Å². The lowest BCUT2D eigenvalue weighted by Gasteiger charge is -2.29. The van der Waals surface area contributed by atoms with Crippen molar-refractivity contribution in [3.8, 4) is 0 Å². The Hall–Kier alpha value is -1.16.